The summed E-state index contributed by atoms with van der Waals surface area (Å²) in [6.45, 7) is 5.35. The molecule has 1 aromatic heterocycles. The molecule has 2 aliphatic heterocycles. The van der Waals surface area contributed by atoms with Crippen LogP contribution in [-0.4, -0.2) is 61.8 Å². The number of hydrogen-bond donors (Lipinski definition) is 0. The van der Waals surface area contributed by atoms with Crippen molar-refractivity contribution in [2.24, 2.45) is 0 Å². The molecule has 2 aromatic carbocycles. The summed E-state index contributed by atoms with van der Waals surface area (Å²) in [4.78, 5) is 20.5. The molecule has 3 aromatic rings. The quantitative estimate of drug-likeness (QED) is 0.517. The van der Waals surface area contributed by atoms with Gasteiger partial charge in [-0.15, -0.1) is 0 Å². The maximum absolute atomic E-state index is 11.9. The SMILES string of the molecule is Cc1ccc2c(OCCN3CCC(Oc4ccc5c(c4)N(C)C(=O)CO5)CC3)cc(Cl)cc2n1. The first-order valence-electron chi connectivity index (χ1n) is 11.6. The van der Waals surface area contributed by atoms with E-state index in [1.54, 1.807) is 11.9 Å². The summed E-state index contributed by atoms with van der Waals surface area (Å²) < 4.78 is 17.8. The van der Waals surface area contributed by atoms with Crippen LogP contribution in [0.5, 0.6) is 17.2 Å². The van der Waals surface area contributed by atoms with Crippen molar-refractivity contribution < 1.29 is 19.0 Å². The minimum absolute atomic E-state index is 0.0580. The third kappa shape index (κ3) is 4.91. The fraction of sp³-hybridized carbons (Fsp3) is 0.385. The van der Waals surface area contributed by atoms with Gasteiger partial charge in [-0.3, -0.25) is 14.7 Å². The van der Waals surface area contributed by atoms with Crippen LogP contribution in [0.1, 0.15) is 18.5 Å². The highest BCUT2D eigenvalue weighted by Crippen LogP contribution is 2.35. The molecule has 1 saturated heterocycles. The van der Waals surface area contributed by atoms with Crippen LogP contribution in [-0.2, 0) is 4.79 Å². The first kappa shape index (κ1) is 22.7. The Kier molecular flexibility index (Phi) is 6.48. The van der Waals surface area contributed by atoms with Gasteiger partial charge in [0, 0.05) is 48.9 Å². The van der Waals surface area contributed by atoms with E-state index in [1.165, 1.54) is 0 Å². The van der Waals surface area contributed by atoms with Gasteiger partial charge in [-0.05, 0) is 56.2 Å². The van der Waals surface area contributed by atoms with Crippen molar-refractivity contribution in [3.63, 3.8) is 0 Å². The summed E-state index contributed by atoms with van der Waals surface area (Å²) in [6.07, 6.45) is 2.02. The predicted octanol–water partition coefficient (Wildman–Crippen LogP) is 4.47. The van der Waals surface area contributed by atoms with Crippen LogP contribution in [0.2, 0.25) is 5.02 Å². The zero-order valence-corrected chi connectivity index (χ0v) is 20.2. The van der Waals surface area contributed by atoms with Gasteiger partial charge in [-0.1, -0.05) is 11.6 Å². The van der Waals surface area contributed by atoms with Crippen molar-refractivity contribution in [3.8, 4) is 17.2 Å². The number of aryl methyl sites for hydroxylation is 1. The second kappa shape index (κ2) is 9.68. The molecule has 3 heterocycles. The van der Waals surface area contributed by atoms with Crippen molar-refractivity contribution >= 4 is 34.1 Å². The van der Waals surface area contributed by atoms with E-state index in [0.717, 1.165) is 66.3 Å². The van der Waals surface area contributed by atoms with E-state index >= 15 is 0 Å². The molecule has 7 nitrogen and oxygen atoms in total. The number of ether oxygens (including phenoxy) is 3. The molecule has 0 aliphatic carbocycles. The Bertz CT molecular complexity index is 1200. The van der Waals surface area contributed by atoms with Crippen LogP contribution in [0.3, 0.4) is 0 Å². The lowest BCUT2D eigenvalue weighted by molar-refractivity contribution is -0.120. The van der Waals surface area contributed by atoms with Gasteiger partial charge < -0.3 is 19.1 Å². The molecule has 34 heavy (non-hydrogen) atoms. The summed E-state index contributed by atoms with van der Waals surface area (Å²) in [5.41, 5.74) is 2.56. The maximum atomic E-state index is 11.9. The predicted molar refractivity (Wildman–Crippen MR) is 132 cm³/mol. The minimum Gasteiger partial charge on any atom is -0.491 e. The lowest BCUT2D eigenvalue weighted by atomic mass is 10.1. The molecule has 0 unspecified atom stereocenters. The monoisotopic (exact) mass is 481 g/mol. The van der Waals surface area contributed by atoms with E-state index in [-0.39, 0.29) is 18.6 Å². The van der Waals surface area contributed by atoms with E-state index in [4.69, 9.17) is 25.8 Å². The number of fused-ring (bicyclic) bond motifs is 2. The van der Waals surface area contributed by atoms with Gasteiger partial charge in [-0.2, -0.15) is 0 Å². The Labute approximate surface area is 204 Å². The van der Waals surface area contributed by atoms with Crippen LogP contribution in [0, 0.1) is 6.92 Å². The fourth-order valence-electron chi connectivity index (χ4n) is 4.44. The summed E-state index contributed by atoms with van der Waals surface area (Å²) in [5, 5.41) is 1.60. The number of pyridine rings is 1. The topological polar surface area (TPSA) is 64.1 Å². The number of amides is 1. The number of hydrogen-bond acceptors (Lipinski definition) is 6. The molecule has 2 aliphatic rings. The number of benzene rings is 2. The molecule has 0 atom stereocenters. The third-order valence-electron chi connectivity index (χ3n) is 6.39. The summed E-state index contributed by atoms with van der Waals surface area (Å²) in [7, 11) is 1.76. The van der Waals surface area contributed by atoms with Gasteiger partial charge in [0.2, 0.25) is 0 Å². The van der Waals surface area contributed by atoms with Crippen LogP contribution in [0.4, 0.5) is 5.69 Å². The molecular weight excluding hydrogens is 454 g/mol. The van der Waals surface area contributed by atoms with Gasteiger partial charge in [0.05, 0.1) is 11.2 Å². The number of carbonyl (C=O) groups is 1. The van der Waals surface area contributed by atoms with Gasteiger partial charge in [0.1, 0.15) is 30.0 Å². The Hall–Kier alpha value is -3.03. The maximum Gasteiger partial charge on any atom is 0.264 e. The molecule has 0 N–H and O–H groups in total. The molecular formula is C26H28ClN3O4. The number of halogens is 1. The molecule has 1 amide bonds. The number of likely N-dealkylation sites (N-methyl/N-ethyl adjacent to an activating group) is 1. The number of carbonyl (C=O) groups excluding carboxylic acids is 1. The lowest BCUT2D eigenvalue weighted by Gasteiger charge is -2.32. The first-order valence-corrected chi connectivity index (χ1v) is 12.0. The van der Waals surface area contributed by atoms with Gasteiger partial charge in [0.25, 0.3) is 5.91 Å². The minimum atomic E-state index is -0.0580. The first-order chi connectivity index (χ1) is 16.5. The van der Waals surface area contributed by atoms with E-state index in [9.17, 15) is 4.79 Å². The van der Waals surface area contributed by atoms with Crippen LogP contribution in [0.15, 0.2) is 42.5 Å². The number of nitrogens with zero attached hydrogens (tertiary/aromatic N) is 3. The van der Waals surface area contributed by atoms with E-state index in [0.29, 0.717) is 17.4 Å². The molecule has 0 spiro atoms. The molecule has 8 heteroatoms. The van der Waals surface area contributed by atoms with Crippen molar-refractivity contribution in [3.05, 3.63) is 53.2 Å². The highest BCUT2D eigenvalue weighted by molar-refractivity contribution is 6.31. The Morgan fingerprint density at radius 3 is 2.79 bits per heavy atom. The number of rotatable bonds is 6. The standard InChI is InChI=1S/C26H28ClN3O4/c1-17-3-5-21-22(28-17)13-18(27)14-25(21)32-12-11-30-9-7-19(8-10-30)34-20-4-6-24-23(15-20)29(2)26(31)16-33-24/h3-6,13-15,19H,7-12,16H2,1-2H3. The van der Waals surface area contributed by atoms with Crippen LogP contribution < -0.4 is 19.1 Å². The molecule has 0 bridgehead atoms. The largest absolute Gasteiger partial charge is 0.491 e. The zero-order chi connectivity index (χ0) is 23.7. The second-order valence-corrected chi connectivity index (χ2v) is 9.24. The smallest absolute Gasteiger partial charge is 0.264 e. The van der Waals surface area contributed by atoms with Gasteiger partial charge in [0.15, 0.2) is 6.61 Å². The van der Waals surface area contributed by atoms with Gasteiger partial charge in [-0.25, -0.2) is 0 Å². The number of aromatic nitrogens is 1. The molecule has 0 radical (unpaired) electrons. The highest BCUT2D eigenvalue weighted by atomic mass is 35.5. The van der Waals surface area contributed by atoms with E-state index < -0.39 is 0 Å². The Balaban J connectivity index is 1.12. The summed E-state index contributed by atoms with van der Waals surface area (Å²) in [6, 6.07) is 13.4. The average Bonchev–Trinajstić information content (AvgIpc) is 2.82. The average molecular weight is 482 g/mol. The van der Waals surface area contributed by atoms with Crippen molar-refractivity contribution in [1.29, 1.82) is 0 Å². The second-order valence-electron chi connectivity index (χ2n) is 8.80. The molecule has 178 valence electrons. The third-order valence-corrected chi connectivity index (χ3v) is 6.61. The van der Waals surface area contributed by atoms with Gasteiger partial charge >= 0.3 is 0 Å². The molecule has 5 rings (SSSR count). The Morgan fingerprint density at radius 2 is 1.97 bits per heavy atom. The van der Waals surface area contributed by atoms with Crippen molar-refractivity contribution in [1.82, 2.24) is 9.88 Å². The highest BCUT2D eigenvalue weighted by Gasteiger charge is 2.24. The zero-order valence-electron chi connectivity index (χ0n) is 19.4. The number of anilines is 1. The summed E-state index contributed by atoms with van der Waals surface area (Å²) in [5.74, 6) is 2.19. The lowest BCUT2D eigenvalue weighted by Crippen LogP contribution is -2.40. The fourth-order valence-corrected chi connectivity index (χ4v) is 4.65. The van der Waals surface area contributed by atoms with Crippen molar-refractivity contribution in [2.75, 3.05) is 44.8 Å². The number of likely N-dealkylation sites (tertiary alicyclic amines) is 1. The van der Waals surface area contributed by atoms with E-state index in [1.807, 2.05) is 49.4 Å². The summed E-state index contributed by atoms with van der Waals surface area (Å²) >= 11 is 6.27. The Morgan fingerprint density at radius 1 is 1.15 bits per heavy atom. The van der Waals surface area contributed by atoms with Crippen molar-refractivity contribution in [2.45, 2.75) is 25.9 Å². The van der Waals surface area contributed by atoms with E-state index in [2.05, 4.69) is 9.88 Å². The number of piperidine rings is 1. The molecule has 1 fully saturated rings. The normalized spacial score (nSPS) is 16.9. The van der Waals surface area contributed by atoms with Crippen LogP contribution in [0.25, 0.3) is 10.9 Å². The van der Waals surface area contributed by atoms with Crippen LogP contribution >= 0.6 is 11.6 Å². The molecule has 0 saturated carbocycles.